The summed E-state index contributed by atoms with van der Waals surface area (Å²) in [5, 5.41) is 0.949. The molecule has 0 N–H and O–H groups in total. The van der Waals surface area contributed by atoms with Crippen molar-refractivity contribution in [3.63, 3.8) is 0 Å². The van der Waals surface area contributed by atoms with Crippen LogP contribution in [0.5, 0.6) is 0 Å². The molecule has 1 aliphatic carbocycles. The van der Waals surface area contributed by atoms with Gasteiger partial charge in [0.15, 0.2) is 0 Å². The molecule has 0 aliphatic heterocycles. The van der Waals surface area contributed by atoms with E-state index in [1.165, 1.54) is 49.7 Å². The van der Waals surface area contributed by atoms with E-state index in [0.717, 1.165) is 11.4 Å². The molecule has 98 valence electrons. The Kier molecular flexibility index (Phi) is 4.88. The second-order valence-electron chi connectivity index (χ2n) is 5.24. The van der Waals surface area contributed by atoms with Gasteiger partial charge in [0, 0.05) is 5.02 Å². The molecule has 0 bridgehead atoms. The van der Waals surface area contributed by atoms with Gasteiger partial charge in [-0.05, 0) is 54.9 Å². The summed E-state index contributed by atoms with van der Waals surface area (Å²) in [6.07, 6.45) is 8.69. The van der Waals surface area contributed by atoms with Crippen LogP contribution in [0.2, 0.25) is 5.02 Å². The first-order chi connectivity index (χ1) is 8.77. The first kappa shape index (κ1) is 13.7. The summed E-state index contributed by atoms with van der Waals surface area (Å²) in [6.45, 7) is 4.52. The summed E-state index contributed by atoms with van der Waals surface area (Å²) in [7, 11) is 0. The number of halogens is 1. The van der Waals surface area contributed by atoms with Crippen molar-refractivity contribution in [2.24, 2.45) is 0 Å². The van der Waals surface area contributed by atoms with E-state index in [0.29, 0.717) is 0 Å². The topological polar surface area (TPSA) is 0 Å². The molecule has 0 fully saturated rings. The normalized spacial score (nSPS) is 14.2. The number of rotatable bonds is 6. The van der Waals surface area contributed by atoms with Gasteiger partial charge in [-0.25, -0.2) is 0 Å². The van der Waals surface area contributed by atoms with E-state index < -0.39 is 0 Å². The third kappa shape index (κ3) is 2.80. The van der Waals surface area contributed by atoms with Crippen molar-refractivity contribution in [1.29, 1.82) is 0 Å². The highest BCUT2D eigenvalue weighted by molar-refractivity contribution is 6.32. The van der Waals surface area contributed by atoms with Gasteiger partial charge in [-0.15, -0.1) is 0 Å². The van der Waals surface area contributed by atoms with Gasteiger partial charge in [-0.2, -0.15) is 0 Å². The lowest BCUT2D eigenvalue weighted by Crippen LogP contribution is -1.88. The zero-order valence-electron chi connectivity index (χ0n) is 11.6. The van der Waals surface area contributed by atoms with E-state index in [1.807, 2.05) is 6.07 Å². The second kappa shape index (κ2) is 6.43. The Morgan fingerprint density at radius 1 is 1.06 bits per heavy atom. The molecule has 1 aromatic carbocycles. The lowest BCUT2D eigenvalue weighted by molar-refractivity contribution is 0.769. The molecule has 0 saturated heterocycles. The van der Waals surface area contributed by atoms with E-state index >= 15 is 0 Å². The Hall–Kier alpha value is -0.750. The van der Waals surface area contributed by atoms with E-state index in [2.05, 4.69) is 26.0 Å². The number of unbranched alkanes of at least 4 members (excludes halogenated alkanes) is 2. The fourth-order valence-corrected chi connectivity index (χ4v) is 3.16. The summed E-state index contributed by atoms with van der Waals surface area (Å²) >= 11 is 6.41. The number of allylic oxidation sites excluding steroid dienone is 2. The molecule has 1 heteroatoms. The fourth-order valence-electron chi connectivity index (χ4n) is 2.85. The predicted molar refractivity (Wildman–Crippen MR) is 81.1 cm³/mol. The van der Waals surface area contributed by atoms with Gasteiger partial charge in [0.2, 0.25) is 0 Å². The van der Waals surface area contributed by atoms with Gasteiger partial charge in [0.05, 0.1) is 0 Å². The molecule has 0 saturated carbocycles. The van der Waals surface area contributed by atoms with E-state index in [1.54, 1.807) is 11.1 Å². The average Bonchev–Trinajstić information content (AvgIpc) is 2.73. The second-order valence-corrected chi connectivity index (χ2v) is 5.65. The van der Waals surface area contributed by atoms with Gasteiger partial charge in [-0.1, -0.05) is 56.0 Å². The summed E-state index contributed by atoms with van der Waals surface area (Å²) < 4.78 is 0. The van der Waals surface area contributed by atoms with Crippen molar-refractivity contribution in [3.8, 4) is 0 Å². The SMILES string of the molecule is CCCCC1=C(CCCC)c2c(Cl)cccc2C1. The van der Waals surface area contributed by atoms with Crippen LogP contribution >= 0.6 is 11.6 Å². The van der Waals surface area contributed by atoms with Gasteiger partial charge in [-0.3, -0.25) is 0 Å². The van der Waals surface area contributed by atoms with Crippen LogP contribution in [-0.4, -0.2) is 0 Å². The lowest BCUT2D eigenvalue weighted by atomic mass is 9.98. The predicted octanol–water partition coefficient (Wildman–Crippen LogP) is 6.03. The van der Waals surface area contributed by atoms with Crippen LogP contribution in [0.4, 0.5) is 0 Å². The standard InChI is InChI=1S/C17H23Cl/c1-3-5-8-13-12-14-9-7-11-16(18)17(14)15(13)10-6-4-2/h7,9,11H,3-6,8,10,12H2,1-2H3. The lowest BCUT2D eigenvalue weighted by Gasteiger charge is -2.09. The number of hydrogen-bond donors (Lipinski definition) is 0. The number of benzene rings is 1. The minimum Gasteiger partial charge on any atom is -0.0837 e. The molecule has 0 heterocycles. The molecule has 2 rings (SSSR count). The molecule has 0 radical (unpaired) electrons. The smallest absolute Gasteiger partial charge is 0.0484 e. The summed E-state index contributed by atoms with van der Waals surface area (Å²) in [4.78, 5) is 0. The quantitative estimate of drug-likeness (QED) is 0.587. The number of hydrogen-bond acceptors (Lipinski definition) is 0. The third-order valence-corrected chi connectivity index (χ3v) is 4.16. The van der Waals surface area contributed by atoms with Crippen LogP contribution in [-0.2, 0) is 6.42 Å². The van der Waals surface area contributed by atoms with Gasteiger partial charge < -0.3 is 0 Å². The zero-order valence-corrected chi connectivity index (χ0v) is 12.3. The average molecular weight is 263 g/mol. The largest absolute Gasteiger partial charge is 0.0837 e. The Labute approximate surface area is 116 Å². The van der Waals surface area contributed by atoms with Crippen LogP contribution in [0.3, 0.4) is 0 Å². The molecule has 0 spiro atoms. The molecule has 1 aliphatic rings. The molecule has 0 aromatic heterocycles. The van der Waals surface area contributed by atoms with Gasteiger partial charge in [0.25, 0.3) is 0 Å². The van der Waals surface area contributed by atoms with E-state index in [4.69, 9.17) is 11.6 Å². The molecule has 0 nitrogen and oxygen atoms in total. The van der Waals surface area contributed by atoms with Crippen molar-refractivity contribution in [2.45, 2.75) is 58.8 Å². The minimum absolute atomic E-state index is 0.949. The Bertz CT molecular complexity index is 443. The molecule has 18 heavy (non-hydrogen) atoms. The highest BCUT2D eigenvalue weighted by atomic mass is 35.5. The van der Waals surface area contributed by atoms with Crippen LogP contribution < -0.4 is 0 Å². The van der Waals surface area contributed by atoms with Crippen molar-refractivity contribution < 1.29 is 0 Å². The Balaban J connectivity index is 2.29. The summed E-state index contributed by atoms with van der Waals surface area (Å²) in [5.41, 5.74) is 6.01. The van der Waals surface area contributed by atoms with Crippen LogP contribution in [0, 0.1) is 0 Å². The Morgan fingerprint density at radius 2 is 1.78 bits per heavy atom. The van der Waals surface area contributed by atoms with Gasteiger partial charge in [0.1, 0.15) is 0 Å². The molecule has 0 atom stereocenters. The first-order valence-electron chi connectivity index (χ1n) is 7.26. The van der Waals surface area contributed by atoms with Gasteiger partial charge >= 0.3 is 0 Å². The third-order valence-electron chi connectivity index (χ3n) is 3.84. The van der Waals surface area contributed by atoms with E-state index in [-0.39, 0.29) is 0 Å². The highest BCUT2D eigenvalue weighted by Gasteiger charge is 2.22. The minimum atomic E-state index is 0.949. The Morgan fingerprint density at radius 3 is 2.50 bits per heavy atom. The summed E-state index contributed by atoms with van der Waals surface area (Å²) in [5.74, 6) is 0. The molecular weight excluding hydrogens is 240 g/mol. The molecular formula is C17H23Cl. The first-order valence-corrected chi connectivity index (χ1v) is 7.64. The van der Waals surface area contributed by atoms with Crippen molar-refractivity contribution in [3.05, 3.63) is 39.9 Å². The monoisotopic (exact) mass is 262 g/mol. The fraction of sp³-hybridized carbons (Fsp3) is 0.529. The van der Waals surface area contributed by atoms with Crippen LogP contribution in [0.25, 0.3) is 5.57 Å². The maximum Gasteiger partial charge on any atom is 0.0484 e. The maximum atomic E-state index is 6.41. The number of fused-ring (bicyclic) bond motifs is 1. The zero-order chi connectivity index (χ0) is 13.0. The summed E-state index contributed by atoms with van der Waals surface area (Å²) in [6, 6.07) is 6.36. The van der Waals surface area contributed by atoms with Crippen LogP contribution in [0.15, 0.2) is 23.8 Å². The molecule has 1 aromatic rings. The molecule has 0 unspecified atom stereocenters. The van der Waals surface area contributed by atoms with Crippen molar-refractivity contribution in [2.75, 3.05) is 0 Å². The van der Waals surface area contributed by atoms with Crippen LogP contribution in [0.1, 0.15) is 63.5 Å². The van der Waals surface area contributed by atoms with E-state index in [9.17, 15) is 0 Å². The maximum absolute atomic E-state index is 6.41. The van der Waals surface area contributed by atoms with Crippen molar-refractivity contribution >= 4 is 17.2 Å². The highest BCUT2D eigenvalue weighted by Crippen LogP contribution is 2.41. The molecule has 0 amide bonds. The van der Waals surface area contributed by atoms with Crippen molar-refractivity contribution in [1.82, 2.24) is 0 Å².